The molecule has 1 aliphatic rings. The molecule has 1 fully saturated rings. The summed E-state index contributed by atoms with van der Waals surface area (Å²) in [7, 11) is -3.67. The van der Waals surface area contributed by atoms with Gasteiger partial charge >= 0.3 is 0 Å². The summed E-state index contributed by atoms with van der Waals surface area (Å²) in [5.74, 6) is 0.559. The number of nitrogens with zero attached hydrogens (tertiary/aromatic N) is 2. The van der Waals surface area contributed by atoms with Crippen LogP contribution in [0.15, 0.2) is 17.4 Å². The quantitative estimate of drug-likeness (QED) is 0.582. The molecule has 8 nitrogen and oxygen atoms in total. The van der Waals surface area contributed by atoms with Crippen molar-refractivity contribution in [3.8, 4) is 0 Å². The standard InChI is InChI=1S/C12H18N6O2S/c1-8-10(6-15-9-2-3-9)12(18-17-8)21(19,20)16-7-11-13-4-5-14-11/h4-5,9,15-16H,2-3,6-7H2,1H3,(H,13,14)(H,17,18). The number of aryl methyl sites for hydroxylation is 1. The highest BCUT2D eigenvalue weighted by Crippen LogP contribution is 2.22. The van der Waals surface area contributed by atoms with Crippen LogP contribution in [0, 0.1) is 6.92 Å². The van der Waals surface area contributed by atoms with Crippen LogP contribution in [0.3, 0.4) is 0 Å². The summed E-state index contributed by atoms with van der Waals surface area (Å²) in [6, 6.07) is 0.505. The molecule has 0 atom stereocenters. The Morgan fingerprint density at radius 1 is 1.38 bits per heavy atom. The van der Waals surface area contributed by atoms with Crippen molar-refractivity contribution in [2.45, 2.75) is 43.9 Å². The van der Waals surface area contributed by atoms with Crippen molar-refractivity contribution in [2.75, 3.05) is 0 Å². The van der Waals surface area contributed by atoms with Crippen molar-refractivity contribution < 1.29 is 8.42 Å². The van der Waals surface area contributed by atoms with Crippen LogP contribution < -0.4 is 10.0 Å². The Hall–Kier alpha value is -1.71. The van der Waals surface area contributed by atoms with Crippen LogP contribution >= 0.6 is 0 Å². The van der Waals surface area contributed by atoms with E-state index >= 15 is 0 Å². The summed E-state index contributed by atoms with van der Waals surface area (Å²) in [4.78, 5) is 6.84. The fourth-order valence-corrected chi connectivity index (χ4v) is 3.20. The minimum Gasteiger partial charge on any atom is -0.347 e. The van der Waals surface area contributed by atoms with Crippen LogP contribution in [0.25, 0.3) is 0 Å². The third kappa shape index (κ3) is 3.31. The van der Waals surface area contributed by atoms with Crippen molar-refractivity contribution >= 4 is 10.0 Å². The van der Waals surface area contributed by atoms with Crippen LogP contribution in [0.5, 0.6) is 0 Å². The molecule has 0 unspecified atom stereocenters. The lowest BCUT2D eigenvalue weighted by Gasteiger charge is -2.07. The van der Waals surface area contributed by atoms with E-state index in [1.807, 2.05) is 6.92 Å². The van der Waals surface area contributed by atoms with E-state index in [9.17, 15) is 8.42 Å². The van der Waals surface area contributed by atoms with Crippen molar-refractivity contribution in [1.29, 1.82) is 0 Å². The SMILES string of the molecule is Cc1[nH]nc(S(=O)(=O)NCc2ncc[nH]2)c1CNC1CC1. The summed E-state index contributed by atoms with van der Waals surface area (Å²) in [5, 5.41) is 10.1. The Labute approximate surface area is 122 Å². The minimum atomic E-state index is -3.67. The molecule has 1 aliphatic carbocycles. The monoisotopic (exact) mass is 310 g/mol. The molecule has 2 aromatic rings. The van der Waals surface area contributed by atoms with Crippen LogP contribution in [0.1, 0.15) is 29.9 Å². The molecule has 9 heteroatoms. The topological polar surface area (TPSA) is 116 Å². The van der Waals surface area contributed by atoms with E-state index in [0.717, 1.165) is 18.5 Å². The Balaban J connectivity index is 1.74. The second-order valence-electron chi connectivity index (χ2n) is 5.15. The molecule has 0 bridgehead atoms. The molecular formula is C12H18N6O2S. The van der Waals surface area contributed by atoms with Crippen molar-refractivity contribution in [3.05, 3.63) is 29.5 Å². The lowest BCUT2D eigenvalue weighted by Crippen LogP contribution is -2.26. The molecule has 4 N–H and O–H groups in total. The number of sulfonamides is 1. The number of H-pyrrole nitrogens is 2. The van der Waals surface area contributed by atoms with E-state index in [4.69, 9.17) is 0 Å². The van der Waals surface area contributed by atoms with Gasteiger partial charge in [-0.2, -0.15) is 5.10 Å². The summed E-state index contributed by atoms with van der Waals surface area (Å²) >= 11 is 0. The third-order valence-electron chi connectivity index (χ3n) is 3.42. The first-order valence-corrected chi connectivity index (χ1v) is 8.30. The zero-order chi connectivity index (χ0) is 14.9. The molecule has 2 heterocycles. The Morgan fingerprint density at radius 3 is 2.86 bits per heavy atom. The van der Waals surface area contributed by atoms with Crippen LogP contribution in [0.4, 0.5) is 0 Å². The zero-order valence-corrected chi connectivity index (χ0v) is 12.5. The normalized spacial score (nSPS) is 15.5. The van der Waals surface area contributed by atoms with Crippen LogP contribution in [0.2, 0.25) is 0 Å². The molecule has 3 rings (SSSR count). The van der Waals surface area contributed by atoms with E-state index < -0.39 is 10.0 Å². The van der Waals surface area contributed by atoms with Gasteiger partial charge in [-0.1, -0.05) is 0 Å². The van der Waals surface area contributed by atoms with Crippen LogP contribution in [-0.4, -0.2) is 34.6 Å². The molecule has 0 radical (unpaired) electrons. The maximum Gasteiger partial charge on any atom is 0.260 e. The first-order chi connectivity index (χ1) is 10.1. The average molecular weight is 310 g/mol. The molecule has 0 saturated heterocycles. The van der Waals surface area contributed by atoms with Gasteiger partial charge in [-0.15, -0.1) is 0 Å². The smallest absolute Gasteiger partial charge is 0.260 e. The first-order valence-electron chi connectivity index (χ1n) is 6.81. The zero-order valence-electron chi connectivity index (χ0n) is 11.7. The molecule has 0 aromatic carbocycles. The number of hydrogen-bond acceptors (Lipinski definition) is 5. The Bertz CT molecular complexity index is 702. The van der Waals surface area contributed by atoms with Gasteiger partial charge in [-0.05, 0) is 19.8 Å². The summed E-state index contributed by atoms with van der Waals surface area (Å²) in [6.45, 7) is 2.43. The predicted molar refractivity (Wildman–Crippen MR) is 75.8 cm³/mol. The summed E-state index contributed by atoms with van der Waals surface area (Å²) in [6.07, 6.45) is 5.52. The average Bonchev–Trinajstić information content (AvgIpc) is 2.98. The highest BCUT2D eigenvalue weighted by molar-refractivity contribution is 7.89. The van der Waals surface area contributed by atoms with Crippen molar-refractivity contribution in [3.63, 3.8) is 0 Å². The van der Waals surface area contributed by atoms with E-state index in [-0.39, 0.29) is 11.6 Å². The van der Waals surface area contributed by atoms with Gasteiger partial charge in [-0.3, -0.25) is 5.10 Å². The van der Waals surface area contributed by atoms with Crippen molar-refractivity contribution in [1.82, 2.24) is 30.2 Å². The second kappa shape index (κ2) is 5.58. The number of aromatic nitrogens is 4. The maximum atomic E-state index is 12.4. The molecule has 0 amide bonds. The summed E-state index contributed by atoms with van der Waals surface area (Å²) < 4.78 is 27.2. The predicted octanol–water partition coefficient (Wildman–Crippen LogP) is 0.172. The molecule has 0 spiro atoms. The Kier molecular flexibility index (Phi) is 3.79. The van der Waals surface area contributed by atoms with Gasteiger partial charge in [0.1, 0.15) is 5.82 Å². The second-order valence-corrected chi connectivity index (χ2v) is 6.83. The fraction of sp³-hybridized carbons (Fsp3) is 0.500. The number of rotatable bonds is 7. The van der Waals surface area contributed by atoms with Gasteiger partial charge in [0.25, 0.3) is 10.0 Å². The molecule has 2 aromatic heterocycles. The highest BCUT2D eigenvalue weighted by atomic mass is 32.2. The van der Waals surface area contributed by atoms with Gasteiger partial charge in [0.05, 0.1) is 6.54 Å². The minimum absolute atomic E-state index is 0.0553. The maximum absolute atomic E-state index is 12.4. The summed E-state index contributed by atoms with van der Waals surface area (Å²) in [5.41, 5.74) is 1.45. The largest absolute Gasteiger partial charge is 0.347 e. The molecule has 21 heavy (non-hydrogen) atoms. The fourth-order valence-electron chi connectivity index (χ4n) is 2.02. The van der Waals surface area contributed by atoms with Gasteiger partial charge in [0.15, 0.2) is 5.03 Å². The molecule has 1 saturated carbocycles. The lowest BCUT2D eigenvalue weighted by molar-refractivity contribution is 0.572. The third-order valence-corrected chi connectivity index (χ3v) is 4.79. The molecular weight excluding hydrogens is 292 g/mol. The molecule has 0 aliphatic heterocycles. The van der Waals surface area contributed by atoms with Crippen LogP contribution in [-0.2, 0) is 23.1 Å². The van der Waals surface area contributed by atoms with E-state index in [1.165, 1.54) is 0 Å². The number of hydrogen-bond donors (Lipinski definition) is 4. The molecule has 114 valence electrons. The number of nitrogens with one attached hydrogen (secondary N) is 4. The first kappa shape index (κ1) is 14.2. The van der Waals surface area contributed by atoms with E-state index in [0.29, 0.717) is 24.0 Å². The van der Waals surface area contributed by atoms with Gasteiger partial charge in [0.2, 0.25) is 0 Å². The lowest BCUT2D eigenvalue weighted by atomic mass is 10.2. The van der Waals surface area contributed by atoms with Crippen molar-refractivity contribution in [2.24, 2.45) is 0 Å². The number of imidazole rings is 1. The Morgan fingerprint density at radius 2 is 2.19 bits per heavy atom. The van der Waals surface area contributed by atoms with Gasteiger partial charge in [0, 0.05) is 36.2 Å². The highest BCUT2D eigenvalue weighted by Gasteiger charge is 2.26. The van der Waals surface area contributed by atoms with E-state index in [2.05, 4.69) is 30.2 Å². The van der Waals surface area contributed by atoms with E-state index in [1.54, 1.807) is 12.4 Å². The van der Waals surface area contributed by atoms with Gasteiger partial charge in [-0.25, -0.2) is 18.1 Å². The van der Waals surface area contributed by atoms with Gasteiger partial charge < -0.3 is 10.3 Å². The number of aromatic amines is 2.